The zero-order valence-corrected chi connectivity index (χ0v) is 16.0. The number of alkyl halides is 3. The van der Waals surface area contributed by atoms with Gasteiger partial charge in [0.1, 0.15) is 0 Å². The summed E-state index contributed by atoms with van der Waals surface area (Å²) in [7, 11) is 1.61. The van der Waals surface area contributed by atoms with Crippen LogP contribution < -0.4 is 15.5 Å². The third-order valence-electron chi connectivity index (χ3n) is 5.12. The number of carbonyl (C=O) groups is 1. The van der Waals surface area contributed by atoms with Crippen molar-refractivity contribution in [3.63, 3.8) is 0 Å². The minimum atomic E-state index is -4.44. The predicted octanol–water partition coefficient (Wildman–Crippen LogP) is 3.19. The molecule has 0 bridgehead atoms. The van der Waals surface area contributed by atoms with Crippen LogP contribution in [0.2, 0.25) is 0 Å². The van der Waals surface area contributed by atoms with Crippen molar-refractivity contribution in [2.24, 2.45) is 5.92 Å². The van der Waals surface area contributed by atoms with Crippen LogP contribution in [-0.4, -0.2) is 43.6 Å². The highest BCUT2D eigenvalue weighted by molar-refractivity contribution is 5.94. The van der Waals surface area contributed by atoms with E-state index in [0.717, 1.165) is 24.7 Å². The second kappa shape index (κ2) is 8.34. The molecule has 1 amide bonds. The van der Waals surface area contributed by atoms with Crippen molar-refractivity contribution in [2.75, 3.05) is 31.6 Å². The molecule has 152 valence electrons. The number of hydrogen-bond acceptors (Lipinski definition) is 4. The van der Waals surface area contributed by atoms with E-state index in [4.69, 9.17) is 0 Å². The van der Waals surface area contributed by atoms with Gasteiger partial charge in [-0.25, -0.2) is 0 Å². The summed E-state index contributed by atoms with van der Waals surface area (Å²) >= 11 is 0. The Bertz CT molecular complexity index is 840. The second-order valence-electron chi connectivity index (χ2n) is 7.35. The van der Waals surface area contributed by atoms with Gasteiger partial charge >= 0.3 is 6.18 Å². The number of fused-ring (bicyclic) bond motifs is 1. The quantitative estimate of drug-likeness (QED) is 0.818. The molecule has 1 aromatic heterocycles. The minimum absolute atomic E-state index is 0.0187. The molecule has 2 heterocycles. The molecule has 2 aromatic rings. The Morgan fingerprint density at radius 1 is 1.29 bits per heavy atom. The average Bonchev–Trinajstić information content (AvgIpc) is 2.65. The Morgan fingerprint density at radius 3 is 2.79 bits per heavy atom. The van der Waals surface area contributed by atoms with Crippen LogP contribution in [0.3, 0.4) is 0 Å². The van der Waals surface area contributed by atoms with Gasteiger partial charge in [-0.1, -0.05) is 6.92 Å². The Kier molecular flexibility index (Phi) is 6.07. The highest BCUT2D eigenvalue weighted by Crippen LogP contribution is 2.38. The SMILES string of the molecule is CNC(=O)CCN[C@@H]1C[C@H](C)CN(c2ccc(C(F)(F)F)c3ncccc23)C1. The van der Waals surface area contributed by atoms with Crippen LogP contribution in [-0.2, 0) is 11.0 Å². The fraction of sp³-hybridized carbons (Fsp3) is 0.500. The predicted molar refractivity (Wildman–Crippen MR) is 103 cm³/mol. The second-order valence-corrected chi connectivity index (χ2v) is 7.35. The van der Waals surface area contributed by atoms with Crippen molar-refractivity contribution in [1.82, 2.24) is 15.6 Å². The van der Waals surface area contributed by atoms with Gasteiger partial charge in [0.25, 0.3) is 0 Å². The summed E-state index contributed by atoms with van der Waals surface area (Å²) in [5.74, 6) is 0.355. The first-order valence-corrected chi connectivity index (χ1v) is 9.43. The van der Waals surface area contributed by atoms with Crippen LogP contribution >= 0.6 is 0 Å². The first-order valence-electron chi connectivity index (χ1n) is 9.43. The Hall–Kier alpha value is -2.35. The lowest BCUT2D eigenvalue weighted by Gasteiger charge is -2.39. The van der Waals surface area contributed by atoms with Gasteiger partial charge in [0, 0.05) is 56.4 Å². The number of benzene rings is 1. The van der Waals surface area contributed by atoms with Crippen LogP contribution in [0.5, 0.6) is 0 Å². The number of pyridine rings is 1. The minimum Gasteiger partial charge on any atom is -0.369 e. The third kappa shape index (κ3) is 4.55. The van der Waals surface area contributed by atoms with Gasteiger partial charge in [-0.2, -0.15) is 13.2 Å². The number of rotatable bonds is 5. The Labute approximate surface area is 162 Å². The van der Waals surface area contributed by atoms with E-state index in [0.29, 0.717) is 30.8 Å². The number of carbonyl (C=O) groups excluding carboxylic acids is 1. The first-order chi connectivity index (χ1) is 13.3. The van der Waals surface area contributed by atoms with Crippen molar-refractivity contribution in [2.45, 2.75) is 32.0 Å². The zero-order chi connectivity index (χ0) is 20.3. The Balaban J connectivity index is 1.84. The van der Waals surface area contributed by atoms with Crippen molar-refractivity contribution in [1.29, 1.82) is 0 Å². The summed E-state index contributed by atoms with van der Waals surface area (Å²) in [4.78, 5) is 17.5. The molecule has 8 heteroatoms. The van der Waals surface area contributed by atoms with E-state index in [1.807, 2.05) is 0 Å². The summed E-state index contributed by atoms with van der Waals surface area (Å²) in [6.45, 7) is 4.14. The van der Waals surface area contributed by atoms with Crippen LogP contribution in [0.4, 0.5) is 18.9 Å². The largest absolute Gasteiger partial charge is 0.418 e. The molecule has 1 aliphatic rings. The lowest BCUT2D eigenvalue weighted by molar-refractivity contribution is -0.136. The normalized spacial score (nSPS) is 20.4. The molecule has 0 saturated carbocycles. The maximum atomic E-state index is 13.4. The van der Waals surface area contributed by atoms with Crippen molar-refractivity contribution in [3.05, 3.63) is 36.0 Å². The molecule has 2 atom stereocenters. The van der Waals surface area contributed by atoms with Gasteiger partial charge in [0.2, 0.25) is 5.91 Å². The summed E-state index contributed by atoms with van der Waals surface area (Å²) in [5.41, 5.74) is 0.0350. The molecule has 1 fully saturated rings. The molecule has 1 saturated heterocycles. The van der Waals surface area contributed by atoms with E-state index in [2.05, 4.69) is 27.4 Å². The fourth-order valence-corrected chi connectivity index (χ4v) is 3.87. The Morgan fingerprint density at radius 2 is 2.07 bits per heavy atom. The maximum absolute atomic E-state index is 13.4. The number of nitrogens with zero attached hydrogens (tertiary/aromatic N) is 2. The number of nitrogens with one attached hydrogen (secondary N) is 2. The van der Waals surface area contributed by atoms with Gasteiger partial charge in [-0.05, 0) is 36.6 Å². The van der Waals surface area contributed by atoms with E-state index in [1.165, 1.54) is 6.20 Å². The van der Waals surface area contributed by atoms with Gasteiger partial charge in [0.15, 0.2) is 0 Å². The number of piperidine rings is 1. The van der Waals surface area contributed by atoms with Gasteiger partial charge in [-0.15, -0.1) is 0 Å². The molecule has 1 aromatic carbocycles. The molecule has 3 rings (SSSR count). The summed E-state index contributed by atoms with van der Waals surface area (Å²) in [6.07, 6.45) is -1.69. The lowest BCUT2D eigenvalue weighted by Crippen LogP contribution is -2.49. The number of halogens is 3. The molecule has 0 aliphatic carbocycles. The molecular formula is C20H25F3N4O. The van der Waals surface area contributed by atoms with E-state index in [9.17, 15) is 18.0 Å². The molecule has 0 radical (unpaired) electrons. The monoisotopic (exact) mass is 394 g/mol. The number of aromatic nitrogens is 1. The van der Waals surface area contributed by atoms with Crippen molar-refractivity contribution < 1.29 is 18.0 Å². The van der Waals surface area contributed by atoms with E-state index in [-0.39, 0.29) is 17.5 Å². The molecule has 2 N–H and O–H groups in total. The molecule has 28 heavy (non-hydrogen) atoms. The van der Waals surface area contributed by atoms with E-state index < -0.39 is 11.7 Å². The van der Waals surface area contributed by atoms with Gasteiger partial charge in [0.05, 0.1) is 11.1 Å². The number of amides is 1. The molecular weight excluding hydrogens is 369 g/mol. The summed E-state index contributed by atoms with van der Waals surface area (Å²) < 4.78 is 40.1. The van der Waals surface area contributed by atoms with Crippen LogP contribution in [0.25, 0.3) is 10.9 Å². The van der Waals surface area contributed by atoms with Gasteiger partial charge in [-0.3, -0.25) is 9.78 Å². The lowest BCUT2D eigenvalue weighted by atomic mass is 9.94. The fourth-order valence-electron chi connectivity index (χ4n) is 3.87. The maximum Gasteiger partial charge on any atom is 0.418 e. The molecule has 0 spiro atoms. The highest BCUT2D eigenvalue weighted by Gasteiger charge is 2.34. The number of anilines is 1. The van der Waals surface area contributed by atoms with Crippen LogP contribution in [0.1, 0.15) is 25.3 Å². The van der Waals surface area contributed by atoms with Gasteiger partial charge < -0.3 is 15.5 Å². The molecule has 5 nitrogen and oxygen atoms in total. The summed E-state index contributed by atoms with van der Waals surface area (Å²) in [6, 6.07) is 6.20. The van der Waals surface area contributed by atoms with E-state index in [1.54, 1.807) is 25.2 Å². The smallest absolute Gasteiger partial charge is 0.369 e. The van der Waals surface area contributed by atoms with Crippen molar-refractivity contribution >= 4 is 22.5 Å². The topological polar surface area (TPSA) is 57.3 Å². The first kappa shape index (κ1) is 20.4. The van der Waals surface area contributed by atoms with E-state index >= 15 is 0 Å². The third-order valence-corrected chi connectivity index (χ3v) is 5.12. The standard InChI is InChI=1S/C20H25F3N4O/c1-13-10-14(25-9-7-18(28)24-2)12-27(11-13)17-6-5-16(20(21,22)23)19-15(17)4-3-8-26-19/h3-6,8,13-14,25H,7,9-12H2,1-2H3,(H,24,28)/t13-,14+/m0/s1. The summed E-state index contributed by atoms with van der Waals surface area (Å²) in [5, 5.41) is 6.51. The zero-order valence-electron chi connectivity index (χ0n) is 16.0. The van der Waals surface area contributed by atoms with Crippen LogP contribution in [0, 0.1) is 5.92 Å². The number of hydrogen-bond donors (Lipinski definition) is 2. The van der Waals surface area contributed by atoms with Crippen molar-refractivity contribution in [3.8, 4) is 0 Å². The average molecular weight is 394 g/mol. The highest BCUT2D eigenvalue weighted by atomic mass is 19.4. The van der Waals surface area contributed by atoms with Crippen LogP contribution in [0.15, 0.2) is 30.5 Å². The molecule has 0 unspecified atom stereocenters. The molecule has 1 aliphatic heterocycles.